The van der Waals surface area contributed by atoms with Crippen molar-refractivity contribution >= 4 is 26.7 Å². The van der Waals surface area contributed by atoms with E-state index in [-0.39, 0.29) is 17.3 Å². The Balaban J connectivity index is 1.89. The molecule has 108 valence electrons. The molecule has 0 aliphatic heterocycles. The van der Waals surface area contributed by atoms with Gasteiger partial charge in [0, 0.05) is 18.1 Å². The van der Waals surface area contributed by atoms with Crippen LogP contribution in [0.25, 0.3) is 10.9 Å². The van der Waals surface area contributed by atoms with Crippen LogP contribution in [0.15, 0.2) is 47.6 Å². The van der Waals surface area contributed by atoms with Gasteiger partial charge in [-0.2, -0.15) is 5.10 Å². The number of aromatic nitrogens is 3. The molecule has 0 aliphatic rings. The number of nitrogens with zero attached hydrogens (tertiary/aromatic N) is 2. The molecule has 0 saturated heterocycles. The van der Waals surface area contributed by atoms with Crippen molar-refractivity contribution in [1.82, 2.24) is 19.9 Å². The van der Waals surface area contributed by atoms with Crippen molar-refractivity contribution in [3.8, 4) is 0 Å². The summed E-state index contributed by atoms with van der Waals surface area (Å²) in [7, 11) is -3.71. The molecule has 21 heavy (non-hydrogen) atoms. The monoisotopic (exact) mass is 303 g/mol. The number of sulfonamides is 1. The number of benzene rings is 1. The zero-order chi connectivity index (χ0) is 14.9. The van der Waals surface area contributed by atoms with Crippen LogP contribution in [-0.4, -0.2) is 23.6 Å². The second-order valence-corrected chi connectivity index (χ2v) is 6.20. The van der Waals surface area contributed by atoms with Crippen molar-refractivity contribution < 1.29 is 8.42 Å². The lowest BCUT2D eigenvalue weighted by Gasteiger charge is -2.08. The summed E-state index contributed by atoms with van der Waals surface area (Å²) in [6.45, 7) is 0.126. The predicted octanol–water partition coefficient (Wildman–Crippen LogP) is 1.02. The zero-order valence-corrected chi connectivity index (χ0v) is 11.8. The molecule has 0 aliphatic carbocycles. The van der Waals surface area contributed by atoms with Crippen LogP contribution in [0.3, 0.4) is 0 Å². The van der Waals surface area contributed by atoms with Crippen LogP contribution >= 0.6 is 0 Å². The number of nitrogens with one attached hydrogen (secondary N) is 2. The van der Waals surface area contributed by atoms with Crippen LogP contribution in [0.4, 0.5) is 5.82 Å². The molecule has 0 saturated carbocycles. The highest BCUT2D eigenvalue weighted by Gasteiger charge is 2.19. The van der Waals surface area contributed by atoms with Crippen molar-refractivity contribution in [3.05, 3.63) is 48.3 Å². The average Bonchev–Trinajstić information content (AvgIpc) is 2.92. The van der Waals surface area contributed by atoms with Crippen LogP contribution in [0, 0.1) is 0 Å². The smallest absolute Gasteiger partial charge is 0.246 e. The third-order valence-corrected chi connectivity index (χ3v) is 4.52. The van der Waals surface area contributed by atoms with Gasteiger partial charge < -0.3 is 5.73 Å². The molecule has 7 nitrogen and oxygen atoms in total. The van der Waals surface area contributed by atoms with Gasteiger partial charge in [-0.1, -0.05) is 24.3 Å². The molecule has 8 heteroatoms. The van der Waals surface area contributed by atoms with E-state index in [1.165, 1.54) is 6.20 Å². The molecule has 0 radical (unpaired) electrons. The van der Waals surface area contributed by atoms with E-state index >= 15 is 0 Å². The van der Waals surface area contributed by atoms with Crippen molar-refractivity contribution in [2.24, 2.45) is 0 Å². The van der Waals surface area contributed by atoms with Gasteiger partial charge in [-0.25, -0.2) is 13.1 Å². The third kappa shape index (κ3) is 2.58. The minimum atomic E-state index is -3.71. The highest BCUT2D eigenvalue weighted by atomic mass is 32.2. The van der Waals surface area contributed by atoms with Gasteiger partial charge in [0.15, 0.2) is 0 Å². The predicted molar refractivity (Wildman–Crippen MR) is 78.8 cm³/mol. The fourth-order valence-corrected chi connectivity index (χ4v) is 3.09. The van der Waals surface area contributed by atoms with E-state index < -0.39 is 10.0 Å². The van der Waals surface area contributed by atoms with E-state index in [2.05, 4.69) is 19.9 Å². The highest BCUT2D eigenvalue weighted by Crippen LogP contribution is 2.18. The first-order valence-electron chi connectivity index (χ1n) is 6.19. The minimum Gasteiger partial charge on any atom is -0.383 e. The Morgan fingerprint density at radius 3 is 2.81 bits per heavy atom. The zero-order valence-electron chi connectivity index (χ0n) is 10.9. The standard InChI is InChI=1S/C13H13N5O2S/c14-13-11(8-16-18-13)21(19,20)17-7-10-4-1-3-9-5-2-6-15-12(9)10/h1-6,8,17H,7H2,(H3,14,16,18). The topological polar surface area (TPSA) is 114 Å². The number of para-hydroxylation sites is 1. The summed E-state index contributed by atoms with van der Waals surface area (Å²) in [6.07, 6.45) is 2.85. The number of nitrogen functional groups attached to an aromatic ring is 1. The first-order valence-corrected chi connectivity index (χ1v) is 7.67. The molecule has 2 aromatic heterocycles. The van der Waals surface area contributed by atoms with Crippen LogP contribution < -0.4 is 10.5 Å². The van der Waals surface area contributed by atoms with Crippen molar-refractivity contribution in [1.29, 1.82) is 0 Å². The maximum absolute atomic E-state index is 12.2. The maximum Gasteiger partial charge on any atom is 0.246 e. The van der Waals surface area contributed by atoms with Gasteiger partial charge in [-0.15, -0.1) is 0 Å². The lowest BCUT2D eigenvalue weighted by molar-refractivity contribution is 0.582. The maximum atomic E-state index is 12.2. The Labute approximate surface area is 121 Å². The van der Waals surface area contributed by atoms with Crippen LogP contribution in [0.2, 0.25) is 0 Å². The van der Waals surface area contributed by atoms with E-state index in [9.17, 15) is 8.42 Å². The molecule has 2 heterocycles. The summed E-state index contributed by atoms with van der Waals surface area (Å²) in [4.78, 5) is 4.22. The van der Waals surface area contributed by atoms with Gasteiger partial charge in [0.1, 0.15) is 10.7 Å². The lowest BCUT2D eigenvalue weighted by atomic mass is 10.1. The van der Waals surface area contributed by atoms with Gasteiger partial charge in [0.25, 0.3) is 0 Å². The number of rotatable bonds is 4. The molecule has 0 amide bonds. The molecule has 0 spiro atoms. The summed E-state index contributed by atoms with van der Waals surface area (Å²) < 4.78 is 26.8. The normalized spacial score (nSPS) is 11.8. The first-order chi connectivity index (χ1) is 10.1. The number of anilines is 1. The molecule has 0 unspecified atom stereocenters. The lowest BCUT2D eigenvalue weighted by Crippen LogP contribution is -2.23. The number of pyridine rings is 1. The number of H-pyrrole nitrogens is 1. The average molecular weight is 303 g/mol. The Kier molecular flexibility index (Phi) is 3.32. The van der Waals surface area contributed by atoms with E-state index in [0.29, 0.717) is 0 Å². The quantitative estimate of drug-likeness (QED) is 0.666. The Morgan fingerprint density at radius 2 is 2.05 bits per heavy atom. The van der Waals surface area contributed by atoms with Gasteiger partial charge in [-0.05, 0) is 11.6 Å². The number of hydrogen-bond acceptors (Lipinski definition) is 5. The van der Waals surface area contributed by atoms with Gasteiger partial charge in [-0.3, -0.25) is 10.1 Å². The minimum absolute atomic E-state index is 0.0125. The molecule has 3 aromatic rings. The molecular weight excluding hydrogens is 290 g/mol. The highest BCUT2D eigenvalue weighted by molar-refractivity contribution is 7.89. The van der Waals surface area contributed by atoms with Crippen molar-refractivity contribution in [2.75, 3.05) is 5.73 Å². The third-order valence-electron chi connectivity index (χ3n) is 3.09. The summed E-state index contributed by atoms with van der Waals surface area (Å²) in [5, 5.41) is 6.97. The van der Waals surface area contributed by atoms with E-state index in [4.69, 9.17) is 5.73 Å². The second-order valence-electron chi connectivity index (χ2n) is 4.46. The fraction of sp³-hybridized carbons (Fsp3) is 0.0769. The molecule has 1 aromatic carbocycles. The fourth-order valence-electron chi connectivity index (χ4n) is 2.06. The number of fused-ring (bicyclic) bond motifs is 1. The van der Waals surface area contributed by atoms with Gasteiger partial charge in [0.05, 0.1) is 11.7 Å². The summed E-state index contributed by atoms with van der Waals surface area (Å²) in [6, 6.07) is 9.38. The Bertz CT molecular complexity index is 883. The Morgan fingerprint density at radius 1 is 1.24 bits per heavy atom. The van der Waals surface area contributed by atoms with Crippen LogP contribution in [0.5, 0.6) is 0 Å². The Hall–Kier alpha value is -2.45. The molecule has 3 rings (SSSR count). The van der Waals surface area contributed by atoms with E-state index in [1.54, 1.807) is 6.20 Å². The largest absolute Gasteiger partial charge is 0.383 e. The number of hydrogen-bond donors (Lipinski definition) is 3. The van der Waals surface area contributed by atoms with Crippen molar-refractivity contribution in [3.63, 3.8) is 0 Å². The molecule has 0 bridgehead atoms. The molecule has 0 atom stereocenters. The van der Waals surface area contributed by atoms with E-state index in [1.807, 2.05) is 30.3 Å². The number of aromatic amines is 1. The SMILES string of the molecule is Nc1[nH]ncc1S(=O)(=O)NCc1cccc2cccnc12. The van der Waals surface area contributed by atoms with Gasteiger partial charge in [0.2, 0.25) is 10.0 Å². The molecule has 0 fully saturated rings. The molecule has 4 N–H and O–H groups in total. The summed E-state index contributed by atoms with van der Waals surface area (Å²) >= 11 is 0. The first kappa shape index (κ1) is 13.5. The number of nitrogens with two attached hydrogens (primary N) is 1. The van der Waals surface area contributed by atoms with E-state index in [0.717, 1.165) is 16.5 Å². The molecular formula is C13H13N5O2S. The second kappa shape index (κ2) is 5.15. The van der Waals surface area contributed by atoms with Gasteiger partial charge >= 0.3 is 0 Å². The summed E-state index contributed by atoms with van der Waals surface area (Å²) in [5.74, 6) is 0.0125. The van der Waals surface area contributed by atoms with Crippen LogP contribution in [0.1, 0.15) is 5.56 Å². The van der Waals surface area contributed by atoms with Crippen LogP contribution in [-0.2, 0) is 16.6 Å². The summed E-state index contributed by atoms with van der Waals surface area (Å²) in [5.41, 5.74) is 7.09. The van der Waals surface area contributed by atoms with Crippen molar-refractivity contribution in [2.45, 2.75) is 11.4 Å².